The molecule has 0 amide bonds. The summed E-state index contributed by atoms with van der Waals surface area (Å²) < 4.78 is 16.8. The standard InChI is InChI=1S/C11H25NO2S/c1-4-6-7-8-15(13)10-11(9-14-3)12-5-2/h11-12H,4-10H2,1-3H3. The summed E-state index contributed by atoms with van der Waals surface area (Å²) in [5, 5.41) is 3.29. The number of rotatable bonds is 10. The second-order valence-electron chi connectivity index (χ2n) is 3.73. The van der Waals surface area contributed by atoms with Gasteiger partial charge in [0.2, 0.25) is 0 Å². The van der Waals surface area contributed by atoms with E-state index in [1.807, 2.05) is 0 Å². The molecule has 0 aliphatic carbocycles. The predicted molar refractivity (Wildman–Crippen MR) is 66.7 cm³/mol. The summed E-state index contributed by atoms with van der Waals surface area (Å²) in [5.74, 6) is 1.55. The number of nitrogens with one attached hydrogen (secondary N) is 1. The molecule has 0 aliphatic heterocycles. The molecule has 3 nitrogen and oxygen atoms in total. The highest BCUT2D eigenvalue weighted by molar-refractivity contribution is 7.85. The molecule has 0 aliphatic rings. The smallest absolute Gasteiger partial charge is 0.0624 e. The Balaban J connectivity index is 3.67. The lowest BCUT2D eigenvalue weighted by molar-refractivity contribution is 0.174. The number of hydrogen-bond donors (Lipinski definition) is 1. The Bertz CT molecular complexity index is 159. The van der Waals surface area contributed by atoms with Crippen LogP contribution >= 0.6 is 0 Å². The second kappa shape index (κ2) is 10.6. The lowest BCUT2D eigenvalue weighted by Gasteiger charge is -2.16. The fourth-order valence-corrected chi connectivity index (χ4v) is 2.83. The summed E-state index contributed by atoms with van der Waals surface area (Å²) in [4.78, 5) is 0. The van der Waals surface area contributed by atoms with Crippen molar-refractivity contribution in [3.05, 3.63) is 0 Å². The highest BCUT2D eigenvalue weighted by Gasteiger charge is 2.10. The van der Waals surface area contributed by atoms with Crippen molar-refractivity contribution in [3.8, 4) is 0 Å². The Kier molecular flexibility index (Phi) is 10.6. The Morgan fingerprint density at radius 2 is 2.07 bits per heavy atom. The molecule has 0 bridgehead atoms. The summed E-state index contributed by atoms with van der Waals surface area (Å²) in [5.41, 5.74) is 0. The van der Waals surface area contributed by atoms with Crippen molar-refractivity contribution >= 4 is 10.8 Å². The molecule has 0 saturated heterocycles. The van der Waals surface area contributed by atoms with Gasteiger partial charge in [0.15, 0.2) is 0 Å². The highest BCUT2D eigenvalue weighted by Crippen LogP contribution is 1.99. The quantitative estimate of drug-likeness (QED) is 0.584. The van der Waals surface area contributed by atoms with Crippen molar-refractivity contribution in [2.24, 2.45) is 0 Å². The number of likely N-dealkylation sites (N-methyl/N-ethyl adjacent to an activating group) is 1. The molecule has 0 rings (SSSR count). The van der Waals surface area contributed by atoms with E-state index in [-0.39, 0.29) is 6.04 Å². The number of hydrogen-bond acceptors (Lipinski definition) is 3. The van der Waals surface area contributed by atoms with Gasteiger partial charge in [0.05, 0.1) is 6.61 Å². The summed E-state index contributed by atoms with van der Waals surface area (Å²) in [6.45, 7) is 5.77. The molecule has 0 saturated carbocycles. The molecule has 2 unspecified atom stereocenters. The van der Waals surface area contributed by atoms with E-state index < -0.39 is 10.8 Å². The van der Waals surface area contributed by atoms with E-state index >= 15 is 0 Å². The molecule has 2 atom stereocenters. The number of unbranched alkanes of at least 4 members (excludes halogenated alkanes) is 2. The molecule has 0 heterocycles. The maximum atomic E-state index is 11.7. The van der Waals surface area contributed by atoms with E-state index in [2.05, 4.69) is 19.2 Å². The van der Waals surface area contributed by atoms with Gasteiger partial charge in [-0.25, -0.2) is 0 Å². The first-order valence-electron chi connectivity index (χ1n) is 5.81. The highest BCUT2D eigenvalue weighted by atomic mass is 32.2. The molecular weight excluding hydrogens is 210 g/mol. The van der Waals surface area contributed by atoms with Gasteiger partial charge in [0.1, 0.15) is 0 Å². The van der Waals surface area contributed by atoms with Crippen molar-refractivity contribution in [2.45, 2.75) is 39.2 Å². The summed E-state index contributed by atoms with van der Waals surface area (Å²) in [6.07, 6.45) is 3.45. The van der Waals surface area contributed by atoms with Crippen LogP contribution in [-0.2, 0) is 15.5 Å². The fraction of sp³-hybridized carbons (Fsp3) is 1.00. The molecule has 0 fully saturated rings. The van der Waals surface area contributed by atoms with Crippen LogP contribution in [0.2, 0.25) is 0 Å². The van der Waals surface area contributed by atoms with Gasteiger partial charge in [-0.05, 0) is 13.0 Å². The minimum absolute atomic E-state index is 0.238. The van der Waals surface area contributed by atoms with Gasteiger partial charge in [-0.2, -0.15) is 0 Å². The van der Waals surface area contributed by atoms with Crippen molar-refractivity contribution in [1.29, 1.82) is 0 Å². The van der Waals surface area contributed by atoms with E-state index in [4.69, 9.17) is 4.74 Å². The molecule has 4 heteroatoms. The van der Waals surface area contributed by atoms with Gasteiger partial charge in [0.25, 0.3) is 0 Å². The zero-order valence-corrected chi connectivity index (χ0v) is 11.1. The Labute approximate surface area is 96.4 Å². The Hall–Kier alpha value is 0.0700. The zero-order valence-electron chi connectivity index (χ0n) is 10.3. The van der Waals surface area contributed by atoms with Crippen LogP contribution in [0.25, 0.3) is 0 Å². The first-order valence-corrected chi connectivity index (χ1v) is 7.30. The van der Waals surface area contributed by atoms with Crippen LogP contribution in [0, 0.1) is 0 Å². The van der Waals surface area contributed by atoms with Gasteiger partial charge in [-0.1, -0.05) is 26.7 Å². The third-order valence-electron chi connectivity index (χ3n) is 2.22. The normalized spacial score (nSPS) is 15.1. The summed E-state index contributed by atoms with van der Waals surface area (Å²) >= 11 is 0. The van der Waals surface area contributed by atoms with Crippen LogP contribution in [0.1, 0.15) is 33.1 Å². The van der Waals surface area contributed by atoms with E-state index in [0.29, 0.717) is 12.4 Å². The topological polar surface area (TPSA) is 38.3 Å². The Morgan fingerprint density at radius 1 is 1.33 bits per heavy atom. The van der Waals surface area contributed by atoms with E-state index in [1.54, 1.807) is 7.11 Å². The largest absolute Gasteiger partial charge is 0.383 e. The SMILES string of the molecule is CCCCCS(=O)CC(COC)NCC. The van der Waals surface area contributed by atoms with Crippen LogP contribution in [0.3, 0.4) is 0 Å². The third kappa shape index (κ3) is 9.03. The molecular formula is C11H25NO2S. The van der Waals surface area contributed by atoms with E-state index in [1.165, 1.54) is 12.8 Å². The van der Waals surface area contributed by atoms with Gasteiger partial charge < -0.3 is 10.1 Å². The molecule has 15 heavy (non-hydrogen) atoms. The molecule has 0 radical (unpaired) electrons. The molecule has 0 aromatic heterocycles. The van der Waals surface area contributed by atoms with Crippen molar-refractivity contribution in [1.82, 2.24) is 5.32 Å². The third-order valence-corrected chi connectivity index (χ3v) is 3.74. The van der Waals surface area contributed by atoms with Gasteiger partial charge in [0, 0.05) is 35.5 Å². The maximum absolute atomic E-state index is 11.7. The molecule has 92 valence electrons. The van der Waals surface area contributed by atoms with Crippen LogP contribution in [0.4, 0.5) is 0 Å². The second-order valence-corrected chi connectivity index (χ2v) is 5.35. The molecule has 0 spiro atoms. The van der Waals surface area contributed by atoms with Gasteiger partial charge >= 0.3 is 0 Å². The van der Waals surface area contributed by atoms with Crippen molar-refractivity contribution in [2.75, 3.05) is 31.8 Å². The lowest BCUT2D eigenvalue weighted by atomic mass is 10.3. The summed E-state index contributed by atoms with van der Waals surface area (Å²) in [6, 6.07) is 0.238. The average molecular weight is 235 g/mol. The molecule has 1 N–H and O–H groups in total. The molecule has 0 aromatic carbocycles. The van der Waals surface area contributed by atoms with Crippen molar-refractivity contribution in [3.63, 3.8) is 0 Å². The van der Waals surface area contributed by atoms with Crippen molar-refractivity contribution < 1.29 is 8.95 Å². The predicted octanol–water partition coefficient (Wildman–Crippen LogP) is 1.55. The number of ether oxygens (including phenoxy) is 1. The van der Waals surface area contributed by atoms with Crippen LogP contribution in [-0.4, -0.2) is 42.0 Å². The zero-order chi connectivity index (χ0) is 11.5. The first-order chi connectivity index (χ1) is 7.24. The summed E-state index contributed by atoms with van der Waals surface area (Å²) in [7, 11) is 0.988. The van der Waals surface area contributed by atoms with Gasteiger partial charge in [-0.3, -0.25) is 4.21 Å². The van der Waals surface area contributed by atoms with Crippen LogP contribution in [0.5, 0.6) is 0 Å². The number of methoxy groups -OCH3 is 1. The van der Waals surface area contributed by atoms with Crippen LogP contribution in [0.15, 0.2) is 0 Å². The minimum atomic E-state index is -0.697. The molecule has 0 aromatic rings. The monoisotopic (exact) mass is 235 g/mol. The average Bonchev–Trinajstić information content (AvgIpc) is 2.19. The lowest BCUT2D eigenvalue weighted by Crippen LogP contribution is -2.38. The minimum Gasteiger partial charge on any atom is -0.383 e. The Morgan fingerprint density at radius 3 is 2.60 bits per heavy atom. The maximum Gasteiger partial charge on any atom is 0.0624 e. The first kappa shape index (κ1) is 15.1. The fourth-order valence-electron chi connectivity index (χ4n) is 1.48. The van der Waals surface area contributed by atoms with Gasteiger partial charge in [-0.15, -0.1) is 0 Å². The van der Waals surface area contributed by atoms with Crippen LogP contribution < -0.4 is 5.32 Å². The van der Waals surface area contributed by atoms with E-state index in [9.17, 15) is 4.21 Å². The van der Waals surface area contributed by atoms with E-state index in [0.717, 1.165) is 18.7 Å².